The molecule has 5 heteroatoms. The summed E-state index contributed by atoms with van der Waals surface area (Å²) < 4.78 is 2.87. The third-order valence-corrected chi connectivity index (χ3v) is 3.88. The number of aryl methyl sites for hydroxylation is 1. The van der Waals surface area contributed by atoms with Crippen LogP contribution in [0.5, 0.6) is 0 Å². The molecule has 0 aliphatic rings. The van der Waals surface area contributed by atoms with Crippen LogP contribution in [0.15, 0.2) is 24.4 Å². The third kappa shape index (κ3) is 3.56. The van der Waals surface area contributed by atoms with Crippen LogP contribution in [0.4, 0.5) is 0 Å². The molecule has 0 radical (unpaired) electrons. The van der Waals surface area contributed by atoms with Crippen LogP contribution < -0.4 is 5.32 Å². The summed E-state index contributed by atoms with van der Waals surface area (Å²) in [7, 11) is 0. The Bertz CT molecular complexity index is 464. The van der Waals surface area contributed by atoms with E-state index in [0.717, 1.165) is 30.4 Å². The van der Waals surface area contributed by atoms with Crippen molar-refractivity contribution in [2.75, 3.05) is 6.54 Å². The van der Waals surface area contributed by atoms with E-state index in [4.69, 9.17) is 11.6 Å². The summed E-state index contributed by atoms with van der Waals surface area (Å²) >= 11 is 7.53. The molecule has 0 saturated heterocycles. The van der Waals surface area contributed by atoms with Gasteiger partial charge in [-0.3, -0.25) is 4.68 Å². The van der Waals surface area contributed by atoms with Crippen LogP contribution in [-0.2, 0) is 19.5 Å². The Morgan fingerprint density at radius 1 is 1.41 bits per heavy atom. The summed E-state index contributed by atoms with van der Waals surface area (Å²) in [5, 5.41) is 7.66. The molecule has 0 fully saturated rings. The van der Waals surface area contributed by atoms with Crippen molar-refractivity contribution in [2.45, 2.75) is 26.4 Å². The minimum Gasteiger partial charge on any atom is -0.311 e. The smallest absolute Gasteiger partial charge is 0.0931 e. The van der Waals surface area contributed by atoms with E-state index in [2.05, 4.69) is 29.5 Å². The maximum atomic E-state index is 5.88. The first kappa shape index (κ1) is 12.6. The van der Waals surface area contributed by atoms with E-state index >= 15 is 0 Å². The summed E-state index contributed by atoms with van der Waals surface area (Å²) in [6, 6.07) is 6.09. The van der Waals surface area contributed by atoms with Crippen LogP contribution in [0.2, 0.25) is 4.34 Å². The van der Waals surface area contributed by atoms with Gasteiger partial charge >= 0.3 is 0 Å². The molecule has 2 aromatic rings. The lowest BCUT2D eigenvalue weighted by molar-refractivity contribution is 0.583. The fourth-order valence-electron chi connectivity index (χ4n) is 1.71. The minimum atomic E-state index is 0.865. The molecule has 17 heavy (non-hydrogen) atoms. The fraction of sp³-hybridized carbons (Fsp3) is 0.417. The van der Waals surface area contributed by atoms with Gasteiger partial charge in [-0.2, -0.15) is 5.10 Å². The molecule has 0 bridgehead atoms. The molecule has 0 amide bonds. The van der Waals surface area contributed by atoms with Crippen molar-refractivity contribution in [1.82, 2.24) is 15.1 Å². The third-order valence-electron chi connectivity index (χ3n) is 2.59. The van der Waals surface area contributed by atoms with Crippen LogP contribution in [0.3, 0.4) is 0 Å². The first-order valence-corrected chi connectivity index (χ1v) is 6.94. The lowest BCUT2D eigenvalue weighted by Gasteiger charge is -2.06. The van der Waals surface area contributed by atoms with Crippen LogP contribution in [0.25, 0.3) is 0 Å². The summed E-state index contributed by atoms with van der Waals surface area (Å²) in [5.41, 5.74) is 1.23. The predicted molar refractivity (Wildman–Crippen MR) is 72.6 cm³/mol. The van der Waals surface area contributed by atoms with Crippen molar-refractivity contribution in [3.05, 3.63) is 39.3 Å². The molecule has 0 saturated carbocycles. The number of thiophene rings is 1. The van der Waals surface area contributed by atoms with Crippen molar-refractivity contribution in [3.8, 4) is 0 Å². The highest BCUT2D eigenvalue weighted by atomic mass is 35.5. The number of hydrogen-bond donors (Lipinski definition) is 1. The normalized spacial score (nSPS) is 10.9. The standard InChI is InChI=1S/C12H16ClN3S/c1-2-16-10(5-8-15-16)9-14-7-6-11-3-4-12(13)17-11/h3-5,8,14H,2,6-7,9H2,1H3. The molecule has 2 aromatic heterocycles. The van der Waals surface area contributed by atoms with Crippen LogP contribution in [0, 0.1) is 0 Å². The van der Waals surface area contributed by atoms with Gasteiger partial charge in [-0.1, -0.05) is 11.6 Å². The minimum absolute atomic E-state index is 0.865. The molecule has 0 aliphatic carbocycles. The van der Waals surface area contributed by atoms with Gasteiger partial charge in [0.15, 0.2) is 0 Å². The Labute approximate surface area is 110 Å². The maximum Gasteiger partial charge on any atom is 0.0931 e. The molecule has 0 atom stereocenters. The fourth-order valence-corrected chi connectivity index (χ4v) is 2.80. The van der Waals surface area contributed by atoms with Crippen LogP contribution >= 0.6 is 22.9 Å². The summed E-state index contributed by atoms with van der Waals surface area (Å²) in [4.78, 5) is 1.33. The van der Waals surface area contributed by atoms with Gasteiger partial charge in [0.2, 0.25) is 0 Å². The second kappa shape index (κ2) is 6.19. The van der Waals surface area contributed by atoms with Crippen molar-refractivity contribution < 1.29 is 0 Å². The number of hydrogen-bond acceptors (Lipinski definition) is 3. The molecule has 0 spiro atoms. The Hall–Kier alpha value is -0.840. The molecule has 3 nitrogen and oxygen atoms in total. The Morgan fingerprint density at radius 2 is 2.29 bits per heavy atom. The first-order valence-electron chi connectivity index (χ1n) is 5.75. The van der Waals surface area contributed by atoms with Crippen molar-refractivity contribution in [1.29, 1.82) is 0 Å². The average Bonchev–Trinajstić information content (AvgIpc) is 2.93. The number of nitrogens with zero attached hydrogens (tertiary/aromatic N) is 2. The van der Waals surface area contributed by atoms with Gasteiger partial charge in [0.05, 0.1) is 10.0 Å². The Morgan fingerprint density at radius 3 is 3.00 bits per heavy atom. The molecular weight excluding hydrogens is 254 g/mol. The van der Waals surface area contributed by atoms with Gasteiger partial charge in [0.1, 0.15) is 0 Å². The number of halogens is 1. The number of rotatable bonds is 6. The highest BCUT2D eigenvalue weighted by molar-refractivity contribution is 7.16. The topological polar surface area (TPSA) is 29.9 Å². The van der Waals surface area contributed by atoms with E-state index in [9.17, 15) is 0 Å². The molecule has 0 aromatic carbocycles. The number of aromatic nitrogens is 2. The lowest BCUT2D eigenvalue weighted by atomic mass is 10.3. The van der Waals surface area contributed by atoms with Gasteiger partial charge in [-0.15, -0.1) is 11.3 Å². The quantitative estimate of drug-likeness (QED) is 0.817. The highest BCUT2D eigenvalue weighted by Gasteiger charge is 2.01. The number of nitrogens with one attached hydrogen (secondary N) is 1. The SMILES string of the molecule is CCn1nccc1CNCCc1ccc(Cl)s1. The van der Waals surface area contributed by atoms with Crippen LogP contribution in [-0.4, -0.2) is 16.3 Å². The van der Waals surface area contributed by atoms with E-state index in [0.29, 0.717) is 0 Å². The molecule has 1 N–H and O–H groups in total. The second-order valence-corrected chi connectivity index (χ2v) is 5.57. The summed E-state index contributed by atoms with van der Waals surface area (Å²) in [6.07, 6.45) is 2.87. The highest BCUT2D eigenvalue weighted by Crippen LogP contribution is 2.21. The van der Waals surface area contributed by atoms with Gasteiger partial charge < -0.3 is 5.32 Å². The Balaban J connectivity index is 1.73. The molecule has 92 valence electrons. The zero-order chi connectivity index (χ0) is 12.1. The summed E-state index contributed by atoms with van der Waals surface area (Å²) in [6.45, 7) is 4.85. The van der Waals surface area contributed by atoms with E-state index in [1.807, 2.05) is 16.9 Å². The molecule has 0 aliphatic heterocycles. The molecular formula is C12H16ClN3S. The largest absolute Gasteiger partial charge is 0.311 e. The van der Waals surface area contributed by atoms with Crippen LogP contribution in [0.1, 0.15) is 17.5 Å². The Kier molecular flexibility index (Phi) is 4.59. The molecule has 2 heterocycles. The zero-order valence-electron chi connectivity index (χ0n) is 9.82. The lowest BCUT2D eigenvalue weighted by Crippen LogP contribution is -2.18. The zero-order valence-corrected chi connectivity index (χ0v) is 11.4. The molecule has 2 rings (SSSR count). The van der Waals surface area contributed by atoms with Gasteiger partial charge in [-0.05, 0) is 31.5 Å². The van der Waals surface area contributed by atoms with E-state index in [1.165, 1.54) is 10.6 Å². The van der Waals surface area contributed by atoms with E-state index in [-0.39, 0.29) is 0 Å². The van der Waals surface area contributed by atoms with Crippen molar-refractivity contribution in [3.63, 3.8) is 0 Å². The predicted octanol–water partition coefficient (Wildman–Crippen LogP) is 2.95. The van der Waals surface area contributed by atoms with Gasteiger partial charge in [-0.25, -0.2) is 0 Å². The van der Waals surface area contributed by atoms with Gasteiger partial charge in [0, 0.05) is 30.7 Å². The van der Waals surface area contributed by atoms with E-state index in [1.54, 1.807) is 11.3 Å². The molecule has 0 unspecified atom stereocenters. The summed E-state index contributed by atoms with van der Waals surface area (Å²) in [5.74, 6) is 0. The second-order valence-electron chi connectivity index (χ2n) is 3.77. The van der Waals surface area contributed by atoms with Gasteiger partial charge in [0.25, 0.3) is 0 Å². The monoisotopic (exact) mass is 269 g/mol. The first-order chi connectivity index (χ1) is 8.29. The maximum absolute atomic E-state index is 5.88. The average molecular weight is 270 g/mol. The van der Waals surface area contributed by atoms with Crippen molar-refractivity contribution in [2.24, 2.45) is 0 Å². The van der Waals surface area contributed by atoms with E-state index < -0.39 is 0 Å². The van der Waals surface area contributed by atoms with Crippen molar-refractivity contribution >= 4 is 22.9 Å².